The predicted octanol–water partition coefficient (Wildman–Crippen LogP) is 3.20. The first-order chi connectivity index (χ1) is 7.57. The van der Waals surface area contributed by atoms with Crippen LogP contribution < -0.4 is 5.69 Å². The molecule has 3 nitrogen and oxygen atoms in total. The molecule has 1 heterocycles. The van der Waals surface area contributed by atoms with Crippen molar-refractivity contribution < 1.29 is 0 Å². The lowest BCUT2D eigenvalue weighted by molar-refractivity contribution is 0.548. The molecule has 0 N–H and O–H groups in total. The summed E-state index contributed by atoms with van der Waals surface area (Å²) >= 11 is 3.46. The van der Waals surface area contributed by atoms with Gasteiger partial charge in [0, 0.05) is 12.2 Å². The van der Waals surface area contributed by atoms with Crippen LogP contribution in [-0.2, 0) is 6.54 Å². The monoisotopic (exact) mass is 286 g/mol. The summed E-state index contributed by atoms with van der Waals surface area (Å²) in [5.41, 5.74) is 1.62. The van der Waals surface area contributed by atoms with Crippen molar-refractivity contribution >= 4 is 15.9 Å². The molecule has 1 rings (SSSR count). The predicted molar refractivity (Wildman–Crippen MR) is 69.8 cm³/mol. The quantitative estimate of drug-likeness (QED) is 0.779. The van der Waals surface area contributed by atoms with E-state index in [4.69, 9.17) is 0 Å². The van der Waals surface area contributed by atoms with Crippen molar-refractivity contribution in [2.75, 3.05) is 0 Å². The standard InChI is InChI=1S/C12H19BrN2O/c1-4-5-6-7-8-15-10(3)11(13)9(2)14-12(15)16/h4-8H2,1-3H3. The van der Waals surface area contributed by atoms with E-state index >= 15 is 0 Å². The van der Waals surface area contributed by atoms with E-state index in [9.17, 15) is 4.79 Å². The summed E-state index contributed by atoms with van der Waals surface area (Å²) in [6.07, 6.45) is 4.66. The van der Waals surface area contributed by atoms with E-state index < -0.39 is 0 Å². The molecule has 0 saturated heterocycles. The van der Waals surface area contributed by atoms with Gasteiger partial charge in [-0.25, -0.2) is 4.79 Å². The molecule has 0 aliphatic carbocycles. The zero-order chi connectivity index (χ0) is 12.1. The summed E-state index contributed by atoms with van der Waals surface area (Å²) < 4.78 is 2.70. The number of unbranched alkanes of at least 4 members (excludes halogenated alkanes) is 3. The highest BCUT2D eigenvalue weighted by Crippen LogP contribution is 2.17. The molecule has 0 spiro atoms. The van der Waals surface area contributed by atoms with E-state index in [1.807, 2.05) is 13.8 Å². The smallest absolute Gasteiger partial charge is 0.295 e. The second-order valence-electron chi connectivity index (χ2n) is 4.09. The minimum absolute atomic E-state index is 0.130. The first kappa shape index (κ1) is 13.4. The fraction of sp³-hybridized carbons (Fsp3) is 0.667. The lowest BCUT2D eigenvalue weighted by atomic mass is 10.2. The Bertz CT molecular complexity index is 412. The second-order valence-corrected chi connectivity index (χ2v) is 4.88. The second kappa shape index (κ2) is 6.18. The van der Waals surface area contributed by atoms with Crippen molar-refractivity contribution in [2.24, 2.45) is 0 Å². The molecule has 4 heteroatoms. The Hall–Kier alpha value is -0.640. The number of aromatic nitrogens is 2. The van der Waals surface area contributed by atoms with Crippen LogP contribution >= 0.6 is 15.9 Å². The van der Waals surface area contributed by atoms with Crippen molar-refractivity contribution in [3.63, 3.8) is 0 Å². The van der Waals surface area contributed by atoms with E-state index in [0.29, 0.717) is 0 Å². The van der Waals surface area contributed by atoms with E-state index in [1.54, 1.807) is 4.57 Å². The van der Waals surface area contributed by atoms with Gasteiger partial charge in [-0.1, -0.05) is 26.2 Å². The highest BCUT2D eigenvalue weighted by atomic mass is 79.9. The van der Waals surface area contributed by atoms with Crippen LogP contribution in [0.15, 0.2) is 9.27 Å². The van der Waals surface area contributed by atoms with E-state index in [1.165, 1.54) is 19.3 Å². The molecule has 0 unspecified atom stereocenters. The van der Waals surface area contributed by atoms with Gasteiger partial charge in [-0.15, -0.1) is 0 Å². The maximum atomic E-state index is 11.7. The van der Waals surface area contributed by atoms with Gasteiger partial charge < -0.3 is 0 Å². The molecule has 0 aliphatic rings. The normalized spacial score (nSPS) is 10.8. The van der Waals surface area contributed by atoms with Crippen LogP contribution in [0.4, 0.5) is 0 Å². The van der Waals surface area contributed by atoms with Crippen molar-refractivity contribution in [1.29, 1.82) is 0 Å². The molecule has 0 fully saturated rings. The zero-order valence-corrected chi connectivity index (χ0v) is 11.8. The van der Waals surface area contributed by atoms with Crippen LogP contribution in [-0.4, -0.2) is 9.55 Å². The molecular weight excluding hydrogens is 268 g/mol. The third-order valence-electron chi connectivity index (χ3n) is 2.77. The summed E-state index contributed by atoms with van der Waals surface area (Å²) in [5, 5.41) is 0. The third kappa shape index (κ3) is 3.17. The van der Waals surface area contributed by atoms with Crippen molar-refractivity contribution in [2.45, 2.75) is 53.0 Å². The molecule has 1 aromatic heterocycles. The Balaban J connectivity index is 2.80. The molecular formula is C12H19BrN2O. The Kier molecular flexibility index (Phi) is 5.19. The number of halogens is 1. The first-order valence-corrected chi connectivity index (χ1v) is 6.60. The van der Waals surface area contributed by atoms with E-state index in [-0.39, 0.29) is 5.69 Å². The summed E-state index contributed by atoms with van der Waals surface area (Å²) in [6, 6.07) is 0. The molecule has 0 bridgehead atoms. The summed E-state index contributed by atoms with van der Waals surface area (Å²) in [5.74, 6) is 0. The van der Waals surface area contributed by atoms with Gasteiger partial charge in [-0.2, -0.15) is 4.98 Å². The van der Waals surface area contributed by atoms with Gasteiger partial charge in [0.25, 0.3) is 0 Å². The van der Waals surface area contributed by atoms with Crippen molar-refractivity contribution in [3.8, 4) is 0 Å². The van der Waals surface area contributed by atoms with Gasteiger partial charge in [0.1, 0.15) is 0 Å². The fourth-order valence-corrected chi connectivity index (χ4v) is 2.04. The summed E-state index contributed by atoms with van der Waals surface area (Å²) in [4.78, 5) is 15.7. The maximum Gasteiger partial charge on any atom is 0.348 e. The first-order valence-electron chi connectivity index (χ1n) is 5.81. The summed E-state index contributed by atoms with van der Waals surface area (Å²) in [7, 11) is 0. The lowest BCUT2D eigenvalue weighted by Crippen LogP contribution is -2.26. The molecule has 16 heavy (non-hydrogen) atoms. The Morgan fingerprint density at radius 1 is 1.25 bits per heavy atom. The van der Waals surface area contributed by atoms with Gasteiger partial charge in [0.05, 0.1) is 10.2 Å². The van der Waals surface area contributed by atoms with Gasteiger partial charge in [0.2, 0.25) is 0 Å². The van der Waals surface area contributed by atoms with Gasteiger partial charge in [-0.05, 0) is 36.2 Å². The zero-order valence-electron chi connectivity index (χ0n) is 10.2. The van der Waals surface area contributed by atoms with Gasteiger partial charge >= 0.3 is 5.69 Å². The molecule has 0 aliphatic heterocycles. The van der Waals surface area contributed by atoms with E-state index in [0.717, 1.165) is 28.8 Å². The molecule has 0 radical (unpaired) electrons. The molecule has 1 aromatic rings. The number of nitrogens with zero attached hydrogens (tertiary/aromatic N) is 2. The average molecular weight is 287 g/mol. The molecule has 0 amide bonds. The Morgan fingerprint density at radius 3 is 2.56 bits per heavy atom. The number of rotatable bonds is 5. The highest BCUT2D eigenvalue weighted by Gasteiger charge is 2.08. The van der Waals surface area contributed by atoms with Gasteiger partial charge in [0.15, 0.2) is 0 Å². The minimum atomic E-state index is -0.130. The van der Waals surface area contributed by atoms with Crippen LogP contribution in [0.5, 0.6) is 0 Å². The van der Waals surface area contributed by atoms with Crippen molar-refractivity contribution in [1.82, 2.24) is 9.55 Å². The topological polar surface area (TPSA) is 34.9 Å². The van der Waals surface area contributed by atoms with Crippen molar-refractivity contribution in [3.05, 3.63) is 26.3 Å². The summed E-state index contributed by atoms with van der Waals surface area (Å²) in [6.45, 7) is 6.76. The number of aryl methyl sites for hydroxylation is 1. The molecule has 90 valence electrons. The average Bonchev–Trinajstić information content (AvgIpc) is 2.25. The molecule has 0 aromatic carbocycles. The minimum Gasteiger partial charge on any atom is -0.295 e. The largest absolute Gasteiger partial charge is 0.348 e. The van der Waals surface area contributed by atoms with Gasteiger partial charge in [-0.3, -0.25) is 4.57 Å². The van der Waals surface area contributed by atoms with Crippen LogP contribution in [0.1, 0.15) is 44.0 Å². The van der Waals surface area contributed by atoms with Crippen LogP contribution in [0.3, 0.4) is 0 Å². The highest BCUT2D eigenvalue weighted by molar-refractivity contribution is 9.10. The third-order valence-corrected chi connectivity index (χ3v) is 3.92. The SMILES string of the molecule is CCCCCCn1c(C)c(Br)c(C)nc1=O. The fourth-order valence-electron chi connectivity index (χ4n) is 1.74. The number of hydrogen-bond acceptors (Lipinski definition) is 2. The van der Waals surface area contributed by atoms with E-state index in [2.05, 4.69) is 27.8 Å². The Labute approximate surface area is 105 Å². The lowest BCUT2D eigenvalue weighted by Gasteiger charge is -2.11. The molecule has 0 saturated carbocycles. The number of hydrogen-bond donors (Lipinski definition) is 0. The van der Waals surface area contributed by atoms with Crippen LogP contribution in [0.2, 0.25) is 0 Å². The van der Waals surface area contributed by atoms with Crippen LogP contribution in [0, 0.1) is 13.8 Å². The van der Waals surface area contributed by atoms with Crippen LogP contribution in [0.25, 0.3) is 0 Å². The maximum absolute atomic E-state index is 11.7. The Morgan fingerprint density at radius 2 is 1.94 bits per heavy atom. The molecule has 0 atom stereocenters.